The van der Waals surface area contributed by atoms with Crippen molar-refractivity contribution in [2.75, 3.05) is 12.4 Å². The summed E-state index contributed by atoms with van der Waals surface area (Å²) in [5.74, 6) is 0.903. The molecule has 0 unspecified atom stereocenters. The zero-order chi connectivity index (χ0) is 17.0. The van der Waals surface area contributed by atoms with Gasteiger partial charge in [-0.25, -0.2) is 8.42 Å². The SMILES string of the molecule is C=CCCCS(=O)(=O)c1ccc(OCCCCCCCC)cc1. The predicted molar refractivity (Wildman–Crippen MR) is 96.8 cm³/mol. The molecule has 0 radical (unpaired) electrons. The van der Waals surface area contributed by atoms with E-state index in [1.54, 1.807) is 30.3 Å². The van der Waals surface area contributed by atoms with E-state index >= 15 is 0 Å². The highest BCUT2D eigenvalue weighted by Gasteiger charge is 2.13. The van der Waals surface area contributed by atoms with Crippen molar-refractivity contribution < 1.29 is 13.2 Å². The molecule has 0 aliphatic rings. The number of sulfone groups is 1. The first-order valence-corrected chi connectivity index (χ1v) is 10.3. The van der Waals surface area contributed by atoms with Gasteiger partial charge in [-0.2, -0.15) is 0 Å². The van der Waals surface area contributed by atoms with Gasteiger partial charge in [0.25, 0.3) is 0 Å². The van der Waals surface area contributed by atoms with Crippen LogP contribution in [0.15, 0.2) is 41.8 Å². The Morgan fingerprint density at radius 3 is 2.30 bits per heavy atom. The Morgan fingerprint density at radius 2 is 1.65 bits per heavy atom. The van der Waals surface area contributed by atoms with Gasteiger partial charge >= 0.3 is 0 Å². The highest BCUT2D eigenvalue weighted by Crippen LogP contribution is 2.18. The van der Waals surface area contributed by atoms with Crippen LogP contribution in [0.4, 0.5) is 0 Å². The summed E-state index contributed by atoms with van der Waals surface area (Å²) in [7, 11) is -3.19. The maximum Gasteiger partial charge on any atom is 0.178 e. The minimum atomic E-state index is -3.19. The van der Waals surface area contributed by atoms with Crippen molar-refractivity contribution in [3.8, 4) is 5.75 Å². The van der Waals surface area contributed by atoms with Crippen molar-refractivity contribution in [2.24, 2.45) is 0 Å². The summed E-state index contributed by atoms with van der Waals surface area (Å²) in [5.41, 5.74) is 0. The topological polar surface area (TPSA) is 43.4 Å². The number of hydrogen-bond acceptors (Lipinski definition) is 3. The molecule has 130 valence electrons. The summed E-state index contributed by atoms with van der Waals surface area (Å²) in [6.07, 6.45) is 10.5. The van der Waals surface area contributed by atoms with E-state index in [4.69, 9.17) is 4.74 Å². The van der Waals surface area contributed by atoms with Crippen molar-refractivity contribution in [1.82, 2.24) is 0 Å². The zero-order valence-electron chi connectivity index (χ0n) is 14.3. The van der Waals surface area contributed by atoms with Crippen LogP contribution in [0.1, 0.15) is 58.3 Å². The Hall–Kier alpha value is -1.29. The third-order valence-corrected chi connectivity index (χ3v) is 5.59. The molecule has 0 spiro atoms. The van der Waals surface area contributed by atoms with Crippen LogP contribution in [0.2, 0.25) is 0 Å². The first-order chi connectivity index (χ1) is 11.1. The molecule has 1 aromatic rings. The molecule has 0 bridgehead atoms. The number of hydrogen-bond donors (Lipinski definition) is 0. The molecule has 0 aliphatic heterocycles. The van der Waals surface area contributed by atoms with Crippen molar-refractivity contribution in [2.45, 2.75) is 63.2 Å². The number of allylic oxidation sites excluding steroid dienone is 1. The minimum absolute atomic E-state index is 0.164. The lowest BCUT2D eigenvalue weighted by molar-refractivity contribution is 0.304. The van der Waals surface area contributed by atoms with E-state index < -0.39 is 9.84 Å². The maximum atomic E-state index is 12.1. The largest absolute Gasteiger partial charge is 0.494 e. The van der Waals surface area contributed by atoms with E-state index in [1.165, 1.54) is 32.1 Å². The minimum Gasteiger partial charge on any atom is -0.494 e. The van der Waals surface area contributed by atoms with Crippen LogP contribution < -0.4 is 4.74 Å². The van der Waals surface area contributed by atoms with Gasteiger partial charge in [-0.1, -0.05) is 45.1 Å². The molecule has 0 heterocycles. The van der Waals surface area contributed by atoms with Crippen LogP contribution in [-0.4, -0.2) is 20.8 Å². The molecule has 1 rings (SSSR count). The van der Waals surface area contributed by atoms with E-state index in [0.717, 1.165) is 18.6 Å². The van der Waals surface area contributed by atoms with Crippen LogP contribution in [0, 0.1) is 0 Å². The third kappa shape index (κ3) is 8.21. The van der Waals surface area contributed by atoms with Crippen LogP contribution in [0.5, 0.6) is 5.75 Å². The lowest BCUT2D eigenvalue weighted by Gasteiger charge is -2.08. The van der Waals surface area contributed by atoms with E-state index in [9.17, 15) is 8.42 Å². The van der Waals surface area contributed by atoms with Crippen molar-refractivity contribution in [3.05, 3.63) is 36.9 Å². The summed E-state index contributed by atoms with van der Waals surface area (Å²) in [6, 6.07) is 6.77. The quantitative estimate of drug-likeness (QED) is 0.368. The standard InChI is InChI=1S/C19H30O3S/c1-3-5-7-8-9-10-16-22-18-12-14-19(15-13-18)23(20,21)17-11-6-4-2/h4,12-15H,2-3,5-11,16-17H2,1H3. The Bertz CT molecular complexity index is 532. The first-order valence-electron chi connectivity index (χ1n) is 8.66. The lowest BCUT2D eigenvalue weighted by Crippen LogP contribution is -2.06. The van der Waals surface area contributed by atoms with Gasteiger partial charge in [0, 0.05) is 0 Å². The second kappa shape index (κ2) is 11.3. The van der Waals surface area contributed by atoms with E-state index in [2.05, 4.69) is 13.5 Å². The molecule has 0 fully saturated rings. The van der Waals surface area contributed by atoms with Gasteiger partial charge in [0.05, 0.1) is 17.3 Å². The summed E-state index contributed by atoms with van der Waals surface area (Å²) >= 11 is 0. The smallest absolute Gasteiger partial charge is 0.178 e. The molecule has 0 atom stereocenters. The fraction of sp³-hybridized carbons (Fsp3) is 0.579. The van der Waals surface area contributed by atoms with E-state index in [1.807, 2.05) is 0 Å². The van der Waals surface area contributed by atoms with E-state index in [0.29, 0.717) is 17.9 Å². The van der Waals surface area contributed by atoms with Crippen molar-refractivity contribution in [3.63, 3.8) is 0 Å². The Morgan fingerprint density at radius 1 is 1.00 bits per heavy atom. The lowest BCUT2D eigenvalue weighted by atomic mass is 10.1. The Balaban J connectivity index is 2.34. The van der Waals surface area contributed by atoms with Crippen molar-refractivity contribution >= 4 is 9.84 Å². The molecule has 0 saturated heterocycles. The summed E-state index contributed by atoms with van der Waals surface area (Å²) in [6.45, 7) is 6.52. The van der Waals surface area contributed by atoms with Crippen LogP contribution in [0.3, 0.4) is 0 Å². The maximum absolute atomic E-state index is 12.1. The molecule has 0 saturated carbocycles. The number of ether oxygens (including phenoxy) is 1. The van der Waals surface area contributed by atoms with Gasteiger partial charge in [0.1, 0.15) is 5.75 Å². The predicted octanol–water partition coefficient (Wildman–Crippen LogP) is 5.17. The highest BCUT2D eigenvalue weighted by molar-refractivity contribution is 7.91. The number of rotatable bonds is 13. The highest BCUT2D eigenvalue weighted by atomic mass is 32.2. The van der Waals surface area contributed by atoms with Crippen LogP contribution in [-0.2, 0) is 9.84 Å². The molecular formula is C19H30O3S. The van der Waals surface area contributed by atoms with Gasteiger partial charge in [-0.05, 0) is 43.5 Å². The summed E-state index contributed by atoms with van der Waals surface area (Å²) in [4.78, 5) is 0.369. The van der Waals surface area contributed by atoms with Gasteiger partial charge in [0.15, 0.2) is 9.84 Å². The molecule has 0 amide bonds. The summed E-state index contributed by atoms with van der Waals surface area (Å²) in [5, 5.41) is 0. The fourth-order valence-electron chi connectivity index (χ4n) is 2.35. The van der Waals surface area contributed by atoms with E-state index in [-0.39, 0.29) is 5.75 Å². The Labute approximate surface area is 141 Å². The van der Waals surface area contributed by atoms with Crippen LogP contribution in [0.25, 0.3) is 0 Å². The van der Waals surface area contributed by atoms with Gasteiger partial charge < -0.3 is 4.74 Å². The molecule has 0 N–H and O–H groups in total. The fourth-order valence-corrected chi connectivity index (χ4v) is 3.68. The van der Waals surface area contributed by atoms with Crippen molar-refractivity contribution in [1.29, 1.82) is 0 Å². The Kier molecular flexibility index (Phi) is 9.69. The molecule has 3 nitrogen and oxygen atoms in total. The van der Waals surface area contributed by atoms with Crippen LogP contribution >= 0.6 is 0 Å². The molecular weight excluding hydrogens is 308 g/mol. The van der Waals surface area contributed by atoms with Gasteiger partial charge in [-0.3, -0.25) is 0 Å². The number of unbranched alkanes of at least 4 members (excludes halogenated alkanes) is 6. The third-order valence-electron chi connectivity index (χ3n) is 3.77. The second-order valence-electron chi connectivity index (χ2n) is 5.84. The molecule has 4 heteroatoms. The molecule has 0 aliphatic carbocycles. The molecule has 23 heavy (non-hydrogen) atoms. The zero-order valence-corrected chi connectivity index (χ0v) is 15.1. The number of benzene rings is 1. The average molecular weight is 339 g/mol. The summed E-state index contributed by atoms with van der Waals surface area (Å²) < 4.78 is 29.9. The normalized spacial score (nSPS) is 11.3. The van der Waals surface area contributed by atoms with Gasteiger partial charge in [-0.15, -0.1) is 6.58 Å². The first kappa shape index (κ1) is 19.8. The second-order valence-corrected chi connectivity index (χ2v) is 7.95. The monoisotopic (exact) mass is 338 g/mol. The van der Waals surface area contributed by atoms with Gasteiger partial charge in [0.2, 0.25) is 0 Å². The molecule has 0 aromatic heterocycles. The average Bonchev–Trinajstić information content (AvgIpc) is 2.54. The molecule has 1 aromatic carbocycles.